The van der Waals surface area contributed by atoms with Gasteiger partial charge in [0.25, 0.3) is 0 Å². The fourth-order valence-corrected chi connectivity index (χ4v) is 3.96. The molecule has 0 N–H and O–H groups in total. The lowest BCUT2D eigenvalue weighted by atomic mass is 9.94. The van der Waals surface area contributed by atoms with Crippen molar-refractivity contribution in [2.45, 2.75) is 44.0 Å². The number of piperidine rings is 1. The molecule has 2 nitrogen and oxygen atoms in total. The van der Waals surface area contributed by atoms with Crippen LogP contribution in [0, 0.1) is 11.7 Å². The summed E-state index contributed by atoms with van der Waals surface area (Å²) in [5.74, 6) is 1.11. The first-order chi connectivity index (χ1) is 9.56. The van der Waals surface area contributed by atoms with Gasteiger partial charge >= 0.3 is 0 Å². The van der Waals surface area contributed by atoms with Crippen molar-refractivity contribution >= 4 is 10.8 Å². The van der Waals surface area contributed by atoms with Gasteiger partial charge in [-0.15, -0.1) is 0 Å². The molecule has 1 aliphatic rings. The second-order valence-electron chi connectivity index (χ2n) is 5.87. The van der Waals surface area contributed by atoms with Gasteiger partial charge in [-0.05, 0) is 76.4 Å². The molecule has 112 valence electrons. The molecule has 1 aromatic rings. The molecule has 0 bridgehead atoms. The van der Waals surface area contributed by atoms with Gasteiger partial charge in [-0.25, -0.2) is 4.39 Å². The molecule has 2 rings (SSSR count). The number of hydrogen-bond acceptors (Lipinski definition) is 2. The van der Waals surface area contributed by atoms with Gasteiger partial charge in [0.05, 0.1) is 10.8 Å². The highest BCUT2D eigenvalue weighted by Gasteiger charge is 2.21. The molecule has 1 fully saturated rings. The van der Waals surface area contributed by atoms with Crippen molar-refractivity contribution in [1.82, 2.24) is 4.90 Å². The summed E-state index contributed by atoms with van der Waals surface area (Å²) in [6, 6.07) is 6.66. The molecule has 1 heterocycles. The van der Waals surface area contributed by atoms with Crippen molar-refractivity contribution < 1.29 is 8.60 Å². The van der Waals surface area contributed by atoms with Crippen molar-refractivity contribution in [2.75, 3.05) is 18.8 Å². The third-order valence-corrected chi connectivity index (χ3v) is 5.57. The molecule has 1 atom stereocenters. The van der Waals surface area contributed by atoms with E-state index in [0.717, 1.165) is 24.4 Å². The van der Waals surface area contributed by atoms with E-state index < -0.39 is 10.8 Å². The van der Waals surface area contributed by atoms with Crippen LogP contribution >= 0.6 is 0 Å². The number of likely N-dealkylation sites (tertiary alicyclic amines) is 1. The molecule has 0 spiro atoms. The maximum atomic E-state index is 12.8. The lowest BCUT2D eigenvalue weighted by Gasteiger charge is -2.34. The third-order valence-electron chi connectivity index (χ3n) is 4.17. The van der Waals surface area contributed by atoms with E-state index in [-0.39, 0.29) is 5.82 Å². The Bertz CT molecular complexity index is 438. The Morgan fingerprint density at radius 3 is 2.40 bits per heavy atom. The SMILES string of the molecule is CC(C)N1CCC(CCS(=O)c2ccc(F)cc2)CC1. The van der Waals surface area contributed by atoms with Gasteiger partial charge < -0.3 is 4.90 Å². The minimum absolute atomic E-state index is 0.271. The van der Waals surface area contributed by atoms with E-state index in [1.54, 1.807) is 12.1 Å². The van der Waals surface area contributed by atoms with Crippen LogP contribution in [-0.2, 0) is 10.8 Å². The first kappa shape index (κ1) is 15.6. The Labute approximate surface area is 123 Å². The average Bonchev–Trinajstić information content (AvgIpc) is 2.46. The van der Waals surface area contributed by atoms with Crippen molar-refractivity contribution in [2.24, 2.45) is 5.92 Å². The monoisotopic (exact) mass is 297 g/mol. The van der Waals surface area contributed by atoms with Crippen LogP contribution in [0.15, 0.2) is 29.2 Å². The summed E-state index contributed by atoms with van der Waals surface area (Å²) >= 11 is 0. The Hall–Kier alpha value is -0.740. The van der Waals surface area contributed by atoms with E-state index in [0.29, 0.717) is 17.7 Å². The first-order valence-corrected chi connectivity index (χ1v) is 8.76. The molecule has 0 amide bonds. The fourth-order valence-electron chi connectivity index (χ4n) is 2.74. The summed E-state index contributed by atoms with van der Waals surface area (Å²) in [5, 5.41) is 0. The van der Waals surface area contributed by atoms with Crippen LogP contribution < -0.4 is 0 Å². The summed E-state index contributed by atoms with van der Waals surface area (Å²) in [7, 11) is -0.991. The molecule has 0 aliphatic carbocycles. The summed E-state index contributed by atoms with van der Waals surface area (Å²) in [6.45, 7) is 6.80. The zero-order chi connectivity index (χ0) is 14.5. The minimum atomic E-state index is -0.991. The highest BCUT2D eigenvalue weighted by atomic mass is 32.2. The van der Waals surface area contributed by atoms with E-state index in [2.05, 4.69) is 18.7 Å². The van der Waals surface area contributed by atoms with Gasteiger partial charge in [-0.3, -0.25) is 4.21 Å². The average molecular weight is 297 g/mol. The second kappa shape index (κ2) is 7.32. The topological polar surface area (TPSA) is 20.3 Å². The van der Waals surface area contributed by atoms with Crippen molar-refractivity contribution in [3.8, 4) is 0 Å². The van der Waals surface area contributed by atoms with E-state index in [4.69, 9.17) is 0 Å². The molecule has 0 aromatic heterocycles. The van der Waals surface area contributed by atoms with Gasteiger partial charge in [-0.2, -0.15) is 0 Å². The molecule has 1 unspecified atom stereocenters. The number of hydrogen-bond donors (Lipinski definition) is 0. The lowest BCUT2D eigenvalue weighted by molar-refractivity contribution is 0.148. The second-order valence-corrected chi connectivity index (χ2v) is 7.44. The quantitative estimate of drug-likeness (QED) is 0.830. The largest absolute Gasteiger partial charge is 0.301 e. The molecular formula is C16H24FNOS. The fraction of sp³-hybridized carbons (Fsp3) is 0.625. The molecule has 1 aliphatic heterocycles. The highest BCUT2D eigenvalue weighted by molar-refractivity contribution is 7.85. The molecule has 0 radical (unpaired) electrons. The Balaban J connectivity index is 1.76. The smallest absolute Gasteiger partial charge is 0.123 e. The van der Waals surface area contributed by atoms with Crippen LogP contribution in [-0.4, -0.2) is 34.0 Å². The number of nitrogens with zero attached hydrogens (tertiary/aromatic N) is 1. The highest BCUT2D eigenvalue weighted by Crippen LogP contribution is 2.23. The van der Waals surface area contributed by atoms with Crippen LogP contribution in [0.4, 0.5) is 4.39 Å². The number of halogens is 1. The van der Waals surface area contributed by atoms with Gasteiger partial charge in [0.2, 0.25) is 0 Å². The first-order valence-electron chi connectivity index (χ1n) is 7.44. The number of benzene rings is 1. The van der Waals surface area contributed by atoms with E-state index in [1.165, 1.54) is 25.0 Å². The Kier molecular flexibility index (Phi) is 5.73. The predicted octanol–water partition coefficient (Wildman–Crippen LogP) is 3.44. The summed E-state index contributed by atoms with van der Waals surface area (Å²) in [5.41, 5.74) is 0. The third kappa shape index (κ3) is 4.38. The van der Waals surface area contributed by atoms with Crippen LogP contribution in [0.25, 0.3) is 0 Å². The molecule has 1 aromatic carbocycles. The van der Waals surface area contributed by atoms with Crippen molar-refractivity contribution in [3.05, 3.63) is 30.1 Å². The number of rotatable bonds is 5. The molecule has 0 saturated carbocycles. The standard InChI is InChI=1S/C16H24FNOS/c1-13(2)18-10-7-14(8-11-18)9-12-20(19)16-5-3-15(17)4-6-16/h3-6,13-14H,7-12H2,1-2H3. The zero-order valence-electron chi connectivity index (χ0n) is 12.3. The van der Waals surface area contributed by atoms with Crippen LogP contribution in [0.3, 0.4) is 0 Å². The van der Waals surface area contributed by atoms with Crippen LogP contribution in [0.2, 0.25) is 0 Å². The van der Waals surface area contributed by atoms with Gasteiger partial charge in [0.15, 0.2) is 0 Å². The van der Waals surface area contributed by atoms with E-state index in [1.807, 2.05) is 0 Å². The van der Waals surface area contributed by atoms with Crippen molar-refractivity contribution in [1.29, 1.82) is 0 Å². The predicted molar refractivity (Wildman–Crippen MR) is 81.7 cm³/mol. The molecule has 20 heavy (non-hydrogen) atoms. The molecule has 4 heteroatoms. The molecular weight excluding hydrogens is 273 g/mol. The summed E-state index contributed by atoms with van der Waals surface area (Å²) < 4.78 is 25.0. The summed E-state index contributed by atoms with van der Waals surface area (Å²) in [6.07, 6.45) is 3.42. The normalized spacial score (nSPS) is 19.4. The van der Waals surface area contributed by atoms with Crippen molar-refractivity contribution in [3.63, 3.8) is 0 Å². The minimum Gasteiger partial charge on any atom is -0.301 e. The van der Waals surface area contributed by atoms with Crippen LogP contribution in [0.5, 0.6) is 0 Å². The lowest BCUT2D eigenvalue weighted by Crippen LogP contribution is -2.38. The summed E-state index contributed by atoms with van der Waals surface area (Å²) in [4.78, 5) is 3.25. The Morgan fingerprint density at radius 2 is 1.85 bits per heavy atom. The van der Waals surface area contributed by atoms with Gasteiger partial charge in [-0.1, -0.05) is 0 Å². The van der Waals surface area contributed by atoms with Gasteiger partial charge in [0.1, 0.15) is 5.82 Å². The Morgan fingerprint density at radius 1 is 1.25 bits per heavy atom. The maximum absolute atomic E-state index is 12.8. The van der Waals surface area contributed by atoms with E-state index >= 15 is 0 Å². The van der Waals surface area contributed by atoms with E-state index in [9.17, 15) is 8.60 Å². The zero-order valence-corrected chi connectivity index (χ0v) is 13.2. The van der Waals surface area contributed by atoms with Gasteiger partial charge in [0, 0.05) is 16.7 Å². The van der Waals surface area contributed by atoms with Crippen LogP contribution in [0.1, 0.15) is 33.1 Å². The maximum Gasteiger partial charge on any atom is 0.123 e. The molecule has 1 saturated heterocycles.